The summed E-state index contributed by atoms with van der Waals surface area (Å²) in [4.78, 5) is 30.8. The molecule has 4 rings (SSSR count). The van der Waals surface area contributed by atoms with E-state index in [-0.39, 0.29) is 17.9 Å². The molecule has 0 radical (unpaired) electrons. The van der Waals surface area contributed by atoms with Gasteiger partial charge in [0.2, 0.25) is 11.7 Å². The molecule has 0 aliphatic rings. The summed E-state index contributed by atoms with van der Waals surface area (Å²) in [5, 5.41) is 7.38. The van der Waals surface area contributed by atoms with Gasteiger partial charge in [-0.2, -0.15) is 9.50 Å². The summed E-state index contributed by atoms with van der Waals surface area (Å²) in [6, 6.07) is 15.2. The van der Waals surface area contributed by atoms with Crippen LogP contribution in [0.4, 0.5) is 5.69 Å². The van der Waals surface area contributed by atoms with Crippen molar-refractivity contribution in [2.24, 2.45) is 0 Å². The molecule has 7 heteroatoms. The van der Waals surface area contributed by atoms with Crippen LogP contribution < -0.4 is 10.9 Å². The first kappa shape index (κ1) is 21.2. The summed E-state index contributed by atoms with van der Waals surface area (Å²) in [6.45, 7) is 10.0. The van der Waals surface area contributed by atoms with Gasteiger partial charge in [-0.25, -0.2) is 0 Å². The molecule has 0 unspecified atom stereocenters. The van der Waals surface area contributed by atoms with Crippen molar-refractivity contribution < 1.29 is 4.79 Å². The van der Waals surface area contributed by atoms with Gasteiger partial charge in [-0.15, -0.1) is 11.7 Å². The van der Waals surface area contributed by atoms with Gasteiger partial charge in [0.1, 0.15) is 0 Å². The van der Waals surface area contributed by atoms with Gasteiger partial charge < -0.3 is 9.88 Å². The van der Waals surface area contributed by atoms with Crippen molar-refractivity contribution in [3.63, 3.8) is 0 Å². The molecule has 4 aromatic rings. The van der Waals surface area contributed by atoms with Crippen LogP contribution >= 0.6 is 0 Å². The molecule has 2 heterocycles. The minimum atomic E-state index is -0.344. The van der Waals surface area contributed by atoms with E-state index in [2.05, 4.69) is 22.0 Å². The van der Waals surface area contributed by atoms with E-state index in [0.717, 1.165) is 22.4 Å². The second kappa shape index (κ2) is 8.63. The fourth-order valence-electron chi connectivity index (χ4n) is 3.71. The summed E-state index contributed by atoms with van der Waals surface area (Å²) < 4.78 is 3.13. The number of aromatic nitrogens is 4. The summed E-state index contributed by atoms with van der Waals surface area (Å²) in [5.74, 6) is 0.619. The molecule has 0 atom stereocenters. The van der Waals surface area contributed by atoms with Gasteiger partial charge >= 0.3 is 0 Å². The molecule has 0 fully saturated rings. The lowest BCUT2D eigenvalue weighted by Gasteiger charge is -2.14. The van der Waals surface area contributed by atoms with Crippen molar-refractivity contribution in [1.29, 1.82) is 0 Å². The number of rotatable bonds is 6. The Morgan fingerprint density at radius 2 is 1.84 bits per heavy atom. The highest BCUT2D eigenvalue weighted by molar-refractivity contribution is 5.93. The van der Waals surface area contributed by atoms with Crippen molar-refractivity contribution >= 4 is 17.4 Å². The predicted octanol–water partition coefficient (Wildman–Crippen LogP) is 3.85. The Balaban J connectivity index is 1.77. The molecule has 162 valence electrons. The normalized spacial score (nSPS) is 11.0. The lowest BCUT2D eigenvalue weighted by molar-refractivity contribution is -0.115. The average molecular weight is 428 g/mol. The third-order valence-corrected chi connectivity index (χ3v) is 5.68. The first-order valence-electron chi connectivity index (χ1n) is 10.4. The van der Waals surface area contributed by atoms with E-state index < -0.39 is 0 Å². The number of hydrogen-bond donors (Lipinski definition) is 1. The van der Waals surface area contributed by atoms with E-state index in [1.807, 2.05) is 73.9 Å². The second-order valence-electron chi connectivity index (χ2n) is 7.75. The fraction of sp³-hybridized carbons (Fsp3) is 0.200. The number of carbonyl (C=O) groups is 1. The largest absolute Gasteiger partial charge is 0.326 e. The number of carbonyl (C=O) groups excluding carboxylic acids is 1. The maximum Gasteiger partial charge on any atom is 0.279 e. The zero-order valence-corrected chi connectivity index (χ0v) is 18.4. The third-order valence-electron chi connectivity index (χ3n) is 5.68. The summed E-state index contributed by atoms with van der Waals surface area (Å²) in [6.07, 6.45) is 1.67. The number of aryl methyl sites for hydroxylation is 1. The molecule has 7 nitrogen and oxygen atoms in total. The molecule has 0 bridgehead atoms. The molecule has 0 aliphatic heterocycles. The van der Waals surface area contributed by atoms with E-state index >= 15 is 0 Å². The number of nitrogens with one attached hydrogen (secondary N) is 1. The summed E-state index contributed by atoms with van der Waals surface area (Å²) in [7, 11) is 0. The highest BCUT2D eigenvalue weighted by Gasteiger charge is 2.20. The number of nitrogens with zero attached hydrogens (tertiary/aromatic N) is 4. The van der Waals surface area contributed by atoms with Crippen LogP contribution in [-0.2, 0) is 17.8 Å². The van der Waals surface area contributed by atoms with Crippen molar-refractivity contribution in [1.82, 2.24) is 19.2 Å². The molecule has 0 spiro atoms. The Morgan fingerprint density at radius 3 is 2.56 bits per heavy atom. The number of fused-ring (bicyclic) bond motifs is 1. The monoisotopic (exact) mass is 427 g/mol. The highest BCUT2D eigenvalue weighted by atomic mass is 16.2. The zero-order valence-electron chi connectivity index (χ0n) is 18.4. The predicted molar refractivity (Wildman–Crippen MR) is 126 cm³/mol. The Bertz CT molecular complexity index is 1380. The molecule has 2 aromatic carbocycles. The van der Waals surface area contributed by atoms with E-state index in [1.54, 1.807) is 6.08 Å². The lowest BCUT2D eigenvalue weighted by atomic mass is 10.1. The molecule has 0 aliphatic carbocycles. The molecular weight excluding hydrogens is 402 g/mol. The SMILES string of the molecule is C=CCn1c(C)c(CC(=O)Nc2cccc(C)c2C)c(=O)n2nc(-c3ccccc3)nc12. The number of amides is 1. The molecule has 1 N–H and O–H groups in total. The Kier molecular flexibility index (Phi) is 5.73. The quantitative estimate of drug-likeness (QED) is 0.474. The highest BCUT2D eigenvalue weighted by Crippen LogP contribution is 2.19. The van der Waals surface area contributed by atoms with Gasteiger partial charge in [-0.3, -0.25) is 9.59 Å². The van der Waals surface area contributed by atoms with Gasteiger partial charge in [0.05, 0.1) is 6.42 Å². The maximum absolute atomic E-state index is 13.3. The second-order valence-corrected chi connectivity index (χ2v) is 7.75. The molecule has 2 aromatic heterocycles. The van der Waals surface area contributed by atoms with Crippen molar-refractivity contribution in [2.75, 3.05) is 5.32 Å². The molecule has 1 amide bonds. The van der Waals surface area contributed by atoms with Gasteiger partial charge in [0, 0.05) is 29.1 Å². The van der Waals surface area contributed by atoms with Crippen LogP contribution in [0, 0.1) is 20.8 Å². The smallest absolute Gasteiger partial charge is 0.279 e. The number of hydrogen-bond acceptors (Lipinski definition) is 4. The van der Waals surface area contributed by atoms with E-state index in [4.69, 9.17) is 0 Å². The van der Waals surface area contributed by atoms with Crippen molar-refractivity contribution in [3.05, 3.63) is 93.9 Å². The first-order chi connectivity index (χ1) is 15.4. The number of anilines is 1. The van der Waals surface area contributed by atoms with Gasteiger partial charge in [-0.05, 0) is 38.0 Å². The Labute approximate surface area is 186 Å². The van der Waals surface area contributed by atoms with Crippen LogP contribution in [0.2, 0.25) is 0 Å². The van der Waals surface area contributed by atoms with Crippen LogP contribution in [0.1, 0.15) is 22.4 Å². The number of benzene rings is 2. The van der Waals surface area contributed by atoms with E-state index in [0.29, 0.717) is 29.4 Å². The molecule has 0 saturated heterocycles. The van der Waals surface area contributed by atoms with Crippen LogP contribution in [0.15, 0.2) is 66.0 Å². The average Bonchev–Trinajstić information content (AvgIpc) is 3.23. The number of allylic oxidation sites excluding steroid dienone is 1. The zero-order chi connectivity index (χ0) is 22.8. The Morgan fingerprint density at radius 1 is 1.09 bits per heavy atom. The van der Waals surface area contributed by atoms with Crippen molar-refractivity contribution in [2.45, 2.75) is 33.7 Å². The standard InChI is InChI=1S/C25H25N5O2/c1-5-14-29-18(4)20(15-22(31)26-21-13-9-10-16(2)17(21)3)24(32)30-25(29)27-23(28-30)19-11-7-6-8-12-19/h5-13H,1,14-15H2,2-4H3,(H,26,31). The third kappa shape index (κ3) is 3.85. The minimum Gasteiger partial charge on any atom is -0.326 e. The minimum absolute atomic E-state index is 0.0638. The molecule has 0 saturated carbocycles. The summed E-state index contributed by atoms with van der Waals surface area (Å²) in [5.41, 5.74) is 4.35. The van der Waals surface area contributed by atoms with Crippen LogP contribution in [0.25, 0.3) is 17.2 Å². The van der Waals surface area contributed by atoms with Crippen LogP contribution in [-0.4, -0.2) is 25.1 Å². The fourth-order valence-corrected chi connectivity index (χ4v) is 3.71. The van der Waals surface area contributed by atoms with Crippen LogP contribution in [0.5, 0.6) is 0 Å². The summed E-state index contributed by atoms with van der Waals surface area (Å²) >= 11 is 0. The van der Waals surface area contributed by atoms with Gasteiger partial charge in [0.15, 0.2) is 5.82 Å². The Hall–Kier alpha value is -4.00. The lowest BCUT2D eigenvalue weighted by Crippen LogP contribution is -2.29. The maximum atomic E-state index is 13.3. The van der Waals surface area contributed by atoms with E-state index in [1.165, 1.54) is 4.52 Å². The van der Waals surface area contributed by atoms with Crippen molar-refractivity contribution in [3.8, 4) is 11.4 Å². The van der Waals surface area contributed by atoms with Crippen LogP contribution in [0.3, 0.4) is 0 Å². The first-order valence-corrected chi connectivity index (χ1v) is 10.4. The molecule has 32 heavy (non-hydrogen) atoms. The topological polar surface area (TPSA) is 81.3 Å². The van der Waals surface area contributed by atoms with Gasteiger partial charge in [0.25, 0.3) is 5.56 Å². The van der Waals surface area contributed by atoms with E-state index in [9.17, 15) is 9.59 Å². The van der Waals surface area contributed by atoms with Gasteiger partial charge in [-0.1, -0.05) is 48.5 Å². The molecular formula is C25H25N5O2.